The average Bonchev–Trinajstić information content (AvgIpc) is 3.49. The Kier molecular flexibility index (Phi) is 68.2. The standard InChI is InChI=1S/C77H136O6/c1-4-7-10-13-16-19-22-25-28-31-33-34-35-36-37-38-39-40-41-42-44-46-49-52-55-58-61-64-67-70-76(79)82-73-74(72-81-75(78)69-66-63-60-57-54-51-48-45-30-27-24-21-18-15-12-9-6-3)83-77(80)71-68-65-62-59-56-53-50-47-43-32-29-26-23-20-17-14-11-8-5-2/h7,10,16-17,19-20,25-30,33-34,74H,4-6,8-9,11-15,18,21-24,31-32,35-73H2,1-3H3/b10-7-,19-16-,20-17-,28-25-,29-26-,30-27-,34-33-. The average molecular weight is 1160 g/mol. The summed E-state index contributed by atoms with van der Waals surface area (Å²) in [6.45, 7) is 6.55. The van der Waals surface area contributed by atoms with E-state index >= 15 is 0 Å². The van der Waals surface area contributed by atoms with E-state index in [1.54, 1.807) is 0 Å². The number of esters is 3. The summed E-state index contributed by atoms with van der Waals surface area (Å²) in [6, 6.07) is 0. The Labute approximate surface area is 515 Å². The molecule has 0 saturated heterocycles. The molecule has 0 aliphatic rings. The lowest BCUT2D eigenvalue weighted by Gasteiger charge is -2.18. The van der Waals surface area contributed by atoms with Gasteiger partial charge < -0.3 is 14.2 Å². The molecule has 0 aliphatic carbocycles. The van der Waals surface area contributed by atoms with Crippen molar-refractivity contribution >= 4 is 17.9 Å². The van der Waals surface area contributed by atoms with Crippen molar-refractivity contribution < 1.29 is 28.6 Å². The van der Waals surface area contributed by atoms with Crippen LogP contribution >= 0.6 is 0 Å². The number of hydrogen-bond donors (Lipinski definition) is 0. The zero-order valence-electron chi connectivity index (χ0n) is 55.2. The third kappa shape index (κ3) is 69.3. The van der Waals surface area contributed by atoms with E-state index in [-0.39, 0.29) is 31.1 Å². The maximum Gasteiger partial charge on any atom is 0.306 e. The fourth-order valence-electron chi connectivity index (χ4n) is 10.5. The molecule has 1 atom stereocenters. The Hall–Kier alpha value is -3.41. The molecule has 0 N–H and O–H groups in total. The van der Waals surface area contributed by atoms with Crippen molar-refractivity contribution in [1.29, 1.82) is 0 Å². The van der Waals surface area contributed by atoms with Gasteiger partial charge in [-0.05, 0) is 116 Å². The Morgan fingerprint density at radius 1 is 0.253 bits per heavy atom. The molecule has 0 heterocycles. The first-order valence-corrected chi connectivity index (χ1v) is 36.1. The minimum absolute atomic E-state index is 0.0760. The Balaban J connectivity index is 4.28. The summed E-state index contributed by atoms with van der Waals surface area (Å²) in [6.07, 6.45) is 94.6. The molecule has 0 amide bonds. The molecule has 1 unspecified atom stereocenters. The Bertz CT molecular complexity index is 1570. The van der Waals surface area contributed by atoms with Crippen molar-refractivity contribution in [1.82, 2.24) is 0 Å². The van der Waals surface area contributed by atoms with Gasteiger partial charge in [0.05, 0.1) is 0 Å². The fraction of sp³-hybridized carbons (Fsp3) is 0.779. The third-order valence-corrected chi connectivity index (χ3v) is 15.9. The molecule has 6 nitrogen and oxygen atoms in total. The van der Waals surface area contributed by atoms with Crippen LogP contribution in [-0.2, 0) is 28.6 Å². The summed E-state index contributed by atoms with van der Waals surface area (Å²) in [5, 5.41) is 0. The van der Waals surface area contributed by atoms with Gasteiger partial charge in [0.25, 0.3) is 0 Å². The summed E-state index contributed by atoms with van der Waals surface area (Å²) in [5.41, 5.74) is 0. The number of hydrogen-bond acceptors (Lipinski definition) is 6. The van der Waals surface area contributed by atoms with Gasteiger partial charge in [-0.1, -0.05) is 318 Å². The summed E-state index contributed by atoms with van der Waals surface area (Å²) < 4.78 is 17.0. The Morgan fingerprint density at radius 2 is 0.470 bits per heavy atom. The molecule has 0 aromatic rings. The number of carbonyl (C=O) groups is 3. The van der Waals surface area contributed by atoms with Crippen molar-refractivity contribution in [2.24, 2.45) is 0 Å². The third-order valence-electron chi connectivity index (χ3n) is 15.9. The van der Waals surface area contributed by atoms with E-state index in [0.29, 0.717) is 19.3 Å². The lowest BCUT2D eigenvalue weighted by atomic mass is 10.0. The highest BCUT2D eigenvalue weighted by atomic mass is 16.6. The largest absolute Gasteiger partial charge is 0.462 e. The van der Waals surface area contributed by atoms with Crippen LogP contribution in [0.25, 0.3) is 0 Å². The smallest absolute Gasteiger partial charge is 0.306 e. The number of allylic oxidation sites excluding steroid dienone is 14. The Morgan fingerprint density at radius 3 is 0.771 bits per heavy atom. The normalized spacial score (nSPS) is 12.6. The van der Waals surface area contributed by atoms with Crippen LogP contribution in [0.3, 0.4) is 0 Å². The van der Waals surface area contributed by atoms with Crippen LogP contribution in [0.15, 0.2) is 85.1 Å². The van der Waals surface area contributed by atoms with E-state index in [4.69, 9.17) is 14.2 Å². The molecule has 0 bridgehead atoms. The number of rotatable bonds is 66. The minimum Gasteiger partial charge on any atom is -0.462 e. The second-order valence-corrected chi connectivity index (χ2v) is 24.1. The molecule has 6 heteroatoms. The molecule has 0 radical (unpaired) electrons. The predicted octanol–water partition coefficient (Wildman–Crippen LogP) is 25.0. The van der Waals surface area contributed by atoms with Crippen LogP contribution in [0.5, 0.6) is 0 Å². The van der Waals surface area contributed by atoms with Gasteiger partial charge in [-0.2, -0.15) is 0 Å². The van der Waals surface area contributed by atoms with Gasteiger partial charge in [0.2, 0.25) is 0 Å². The first-order valence-electron chi connectivity index (χ1n) is 36.1. The molecule has 0 fully saturated rings. The maximum atomic E-state index is 13.0. The van der Waals surface area contributed by atoms with Gasteiger partial charge >= 0.3 is 17.9 Å². The zero-order chi connectivity index (χ0) is 59.9. The second kappa shape index (κ2) is 71.1. The van der Waals surface area contributed by atoms with Crippen LogP contribution in [0, 0.1) is 0 Å². The van der Waals surface area contributed by atoms with Crippen LogP contribution in [0.1, 0.15) is 367 Å². The number of carbonyl (C=O) groups excluding carboxylic acids is 3. The molecule has 0 aromatic carbocycles. The SMILES string of the molecule is CC/C=C\C/C=C\C/C=C\C/C=C\CCCCCCCCCCCCCCCCCCC(=O)OCC(COC(=O)CCCCCCCCC/C=C\CCCCCCCC)OC(=O)CCCCCCCCCCC/C=C\C/C=C\CCCCC. The molecule has 83 heavy (non-hydrogen) atoms. The zero-order valence-corrected chi connectivity index (χ0v) is 55.2. The quantitative estimate of drug-likeness (QED) is 0.0261. The van der Waals surface area contributed by atoms with Crippen molar-refractivity contribution in [2.45, 2.75) is 374 Å². The lowest BCUT2D eigenvalue weighted by molar-refractivity contribution is -0.167. The van der Waals surface area contributed by atoms with E-state index in [9.17, 15) is 14.4 Å². The van der Waals surface area contributed by atoms with Crippen LogP contribution in [0.2, 0.25) is 0 Å². The van der Waals surface area contributed by atoms with Crippen molar-refractivity contribution in [3.8, 4) is 0 Å². The molecule has 0 saturated carbocycles. The topological polar surface area (TPSA) is 78.9 Å². The number of ether oxygens (including phenoxy) is 3. The van der Waals surface area contributed by atoms with E-state index in [1.165, 1.54) is 238 Å². The predicted molar refractivity (Wildman–Crippen MR) is 362 cm³/mol. The lowest BCUT2D eigenvalue weighted by Crippen LogP contribution is -2.30. The van der Waals surface area contributed by atoms with Gasteiger partial charge in [0.15, 0.2) is 6.10 Å². The monoisotopic (exact) mass is 1160 g/mol. The highest BCUT2D eigenvalue weighted by Crippen LogP contribution is 2.18. The first kappa shape index (κ1) is 79.6. The molecule has 0 rings (SSSR count). The van der Waals surface area contributed by atoms with Gasteiger partial charge in [-0.15, -0.1) is 0 Å². The summed E-state index contributed by atoms with van der Waals surface area (Å²) >= 11 is 0. The van der Waals surface area contributed by atoms with Crippen molar-refractivity contribution in [3.05, 3.63) is 85.1 Å². The molecule has 0 aromatic heterocycles. The highest BCUT2D eigenvalue weighted by molar-refractivity contribution is 5.71. The highest BCUT2D eigenvalue weighted by Gasteiger charge is 2.19. The van der Waals surface area contributed by atoms with E-state index < -0.39 is 6.10 Å². The minimum atomic E-state index is -0.781. The molecule has 480 valence electrons. The van der Waals surface area contributed by atoms with Crippen molar-refractivity contribution in [3.63, 3.8) is 0 Å². The van der Waals surface area contributed by atoms with E-state index in [0.717, 1.165) is 89.9 Å². The number of unbranched alkanes of at least 4 members (excludes halogenated alkanes) is 41. The van der Waals surface area contributed by atoms with Crippen LogP contribution in [0.4, 0.5) is 0 Å². The van der Waals surface area contributed by atoms with Gasteiger partial charge in [-0.25, -0.2) is 0 Å². The summed E-state index contributed by atoms with van der Waals surface area (Å²) in [5.74, 6) is -0.864. The van der Waals surface area contributed by atoms with E-state index in [1.807, 2.05) is 0 Å². The van der Waals surface area contributed by atoms with Crippen LogP contribution in [-0.4, -0.2) is 37.2 Å². The summed E-state index contributed by atoms with van der Waals surface area (Å²) in [7, 11) is 0. The molecule has 0 spiro atoms. The van der Waals surface area contributed by atoms with Crippen LogP contribution < -0.4 is 0 Å². The first-order chi connectivity index (χ1) is 41.0. The maximum absolute atomic E-state index is 13.0. The molecular formula is C77H136O6. The van der Waals surface area contributed by atoms with Gasteiger partial charge in [-0.3, -0.25) is 14.4 Å². The summed E-state index contributed by atoms with van der Waals surface area (Å²) in [4.78, 5) is 38.5. The van der Waals surface area contributed by atoms with Gasteiger partial charge in [0.1, 0.15) is 13.2 Å². The fourth-order valence-corrected chi connectivity index (χ4v) is 10.5. The molecule has 0 aliphatic heterocycles. The van der Waals surface area contributed by atoms with Crippen molar-refractivity contribution in [2.75, 3.05) is 13.2 Å². The van der Waals surface area contributed by atoms with E-state index in [2.05, 4.69) is 106 Å². The van der Waals surface area contributed by atoms with Gasteiger partial charge in [0, 0.05) is 19.3 Å². The second-order valence-electron chi connectivity index (χ2n) is 24.1. The molecular weight excluding hydrogens is 1020 g/mol.